The number of rotatable bonds is 4. The van der Waals surface area contributed by atoms with Crippen LogP contribution in [-0.2, 0) is 0 Å². The van der Waals surface area contributed by atoms with Gasteiger partial charge in [0.1, 0.15) is 0 Å². The topological polar surface area (TPSA) is 51.8 Å². The van der Waals surface area contributed by atoms with Crippen LogP contribution < -0.4 is 5.73 Å². The Labute approximate surface area is 123 Å². The lowest BCUT2D eigenvalue weighted by Crippen LogP contribution is -2.22. The van der Waals surface area contributed by atoms with Crippen molar-refractivity contribution in [1.29, 1.82) is 0 Å². The van der Waals surface area contributed by atoms with E-state index < -0.39 is 0 Å². The van der Waals surface area contributed by atoms with E-state index in [4.69, 9.17) is 5.73 Å². The van der Waals surface area contributed by atoms with Crippen LogP contribution in [0, 0.1) is 6.92 Å². The van der Waals surface area contributed by atoms with Gasteiger partial charge in [0.2, 0.25) is 0 Å². The largest absolute Gasteiger partial charge is 0.327 e. The second-order valence-electron chi connectivity index (χ2n) is 4.08. The molecule has 2 unspecified atom stereocenters. The second kappa shape index (κ2) is 6.14. The molecule has 2 aromatic heterocycles. The van der Waals surface area contributed by atoms with Crippen molar-refractivity contribution in [2.45, 2.75) is 30.3 Å². The van der Waals surface area contributed by atoms with Crippen molar-refractivity contribution in [3.05, 3.63) is 38.8 Å². The molecule has 0 bridgehead atoms. The quantitative estimate of drug-likeness (QED) is 0.677. The second-order valence-corrected chi connectivity index (χ2v) is 7.69. The van der Waals surface area contributed by atoms with E-state index in [9.17, 15) is 0 Å². The summed E-state index contributed by atoms with van der Waals surface area (Å²) in [5.41, 5.74) is 7.14. The molecule has 0 saturated heterocycles. The summed E-state index contributed by atoms with van der Waals surface area (Å²) >= 11 is 6.80. The molecule has 2 atom stereocenters. The number of thioether (sulfide) groups is 1. The fourth-order valence-corrected chi connectivity index (χ4v) is 4.13. The average molecular weight is 344 g/mol. The minimum Gasteiger partial charge on any atom is -0.327 e. The van der Waals surface area contributed by atoms with E-state index in [2.05, 4.69) is 32.0 Å². The van der Waals surface area contributed by atoms with Gasteiger partial charge in [0.25, 0.3) is 0 Å². The molecular weight excluding hydrogens is 330 g/mol. The lowest BCUT2D eigenvalue weighted by molar-refractivity contribution is 0.726. The summed E-state index contributed by atoms with van der Waals surface area (Å²) in [7, 11) is 0. The van der Waals surface area contributed by atoms with Gasteiger partial charge in [-0.15, -0.1) is 11.3 Å². The molecule has 0 saturated carbocycles. The molecule has 2 N–H and O–H groups in total. The summed E-state index contributed by atoms with van der Waals surface area (Å²) in [6.07, 6.45) is 3.66. The summed E-state index contributed by atoms with van der Waals surface area (Å²) in [5, 5.41) is 0.955. The standard InChI is InChI=1S/C12H14BrN3S2/c1-7-5-15-12(16-6-7)18-11(8(2)14)9-3-4-10(13)17-9/h3-6,8,11H,14H2,1-2H3. The van der Waals surface area contributed by atoms with Gasteiger partial charge in [-0.3, -0.25) is 0 Å². The molecule has 18 heavy (non-hydrogen) atoms. The van der Waals surface area contributed by atoms with Gasteiger partial charge in [-0.25, -0.2) is 9.97 Å². The van der Waals surface area contributed by atoms with Gasteiger partial charge >= 0.3 is 0 Å². The zero-order valence-corrected chi connectivity index (χ0v) is 13.3. The van der Waals surface area contributed by atoms with Crippen LogP contribution >= 0.6 is 39.0 Å². The van der Waals surface area contributed by atoms with Gasteiger partial charge in [0.05, 0.1) is 9.04 Å². The van der Waals surface area contributed by atoms with Crippen molar-refractivity contribution >= 4 is 39.0 Å². The molecule has 0 aliphatic rings. The van der Waals surface area contributed by atoms with Crippen molar-refractivity contribution in [3.8, 4) is 0 Å². The third-order valence-corrected chi connectivity index (χ3v) is 5.56. The molecule has 3 nitrogen and oxygen atoms in total. The van der Waals surface area contributed by atoms with Crippen molar-refractivity contribution in [2.75, 3.05) is 0 Å². The Hall–Kier alpha value is -0.430. The highest BCUT2D eigenvalue weighted by Gasteiger charge is 2.20. The maximum atomic E-state index is 6.07. The highest BCUT2D eigenvalue weighted by molar-refractivity contribution is 9.11. The highest BCUT2D eigenvalue weighted by atomic mass is 79.9. The fourth-order valence-electron chi connectivity index (χ4n) is 1.46. The first-order chi connectivity index (χ1) is 8.56. The first kappa shape index (κ1) is 14.0. The molecular formula is C12H14BrN3S2. The molecule has 0 aliphatic heterocycles. The lowest BCUT2D eigenvalue weighted by atomic mass is 10.2. The molecule has 6 heteroatoms. The highest BCUT2D eigenvalue weighted by Crippen LogP contribution is 2.39. The third kappa shape index (κ3) is 3.54. The van der Waals surface area contributed by atoms with Crippen LogP contribution in [0.25, 0.3) is 0 Å². The Morgan fingerprint density at radius 3 is 2.50 bits per heavy atom. The van der Waals surface area contributed by atoms with Crippen LogP contribution in [0.15, 0.2) is 33.5 Å². The first-order valence-electron chi connectivity index (χ1n) is 5.52. The van der Waals surface area contributed by atoms with E-state index in [1.807, 2.05) is 32.3 Å². The summed E-state index contributed by atoms with van der Waals surface area (Å²) in [4.78, 5) is 9.89. The molecule has 0 radical (unpaired) electrons. The zero-order valence-electron chi connectivity index (χ0n) is 10.1. The molecule has 96 valence electrons. The Balaban J connectivity index is 2.19. The SMILES string of the molecule is Cc1cnc(SC(c2ccc(Br)s2)C(C)N)nc1. The van der Waals surface area contributed by atoms with Gasteiger partial charge in [0.15, 0.2) is 5.16 Å². The molecule has 0 fully saturated rings. The minimum atomic E-state index is 0.0467. The van der Waals surface area contributed by atoms with E-state index in [1.165, 1.54) is 4.88 Å². The number of hydrogen-bond acceptors (Lipinski definition) is 5. The summed E-state index contributed by atoms with van der Waals surface area (Å²) in [6, 6.07) is 4.20. The average Bonchev–Trinajstić information content (AvgIpc) is 2.74. The van der Waals surface area contributed by atoms with Crippen molar-refractivity contribution in [2.24, 2.45) is 5.73 Å². The number of halogens is 1. The van der Waals surface area contributed by atoms with E-state index in [-0.39, 0.29) is 11.3 Å². The normalized spacial score (nSPS) is 14.4. The number of aromatic nitrogens is 2. The van der Waals surface area contributed by atoms with Gasteiger partial charge < -0.3 is 5.73 Å². The number of nitrogens with zero attached hydrogens (tertiary/aromatic N) is 2. The first-order valence-corrected chi connectivity index (χ1v) is 8.01. The van der Waals surface area contributed by atoms with Crippen molar-refractivity contribution < 1.29 is 0 Å². The molecule has 2 rings (SSSR count). The maximum Gasteiger partial charge on any atom is 0.188 e. The van der Waals surface area contributed by atoms with Crippen LogP contribution in [0.4, 0.5) is 0 Å². The molecule has 2 heterocycles. The minimum absolute atomic E-state index is 0.0467. The van der Waals surface area contributed by atoms with Crippen LogP contribution in [-0.4, -0.2) is 16.0 Å². The maximum absolute atomic E-state index is 6.07. The molecule has 0 amide bonds. The van der Waals surface area contributed by atoms with Crippen LogP contribution in [0.3, 0.4) is 0 Å². The third-order valence-electron chi connectivity index (χ3n) is 2.34. The number of aryl methyl sites for hydroxylation is 1. The van der Waals surface area contributed by atoms with E-state index >= 15 is 0 Å². The fraction of sp³-hybridized carbons (Fsp3) is 0.333. The monoisotopic (exact) mass is 343 g/mol. The predicted molar refractivity (Wildman–Crippen MR) is 81.0 cm³/mol. The molecule has 0 aliphatic carbocycles. The van der Waals surface area contributed by atoms with Crippen molar-refractivity contribution in [3.63, 3.8) is 0 Å². The van der Waals surface area contributed by atoms with Gasteiger partial charge in [-0.1, -0.05) is 11.8 Å². The summed E-state index contributed by atoms with van der Waals surface area (Å²) in [6.45, 7) is 3.99. The Bertz CT molecular complexity index is 510. The summed E-state index contributed by atoms with van der Waals surface area (Å²) in [5.74, 6) is 0. The Morgan fingerprint density at radius 2 is 2.00 bits per heavy atom. The van der Waals surface area contributed by atoms with Crippen LogP contribution in [0.2, 0.25) is 0 Å². The zero-order chi connectivity index (χ0) is 13.1. The van der Waals surface area contributed by atoms with E-state index in [1.54, 1.807) is 23.1 Å². The number of hydrogen-bond donors (Lipinski definition) is 1. The van der Waals surface area contributed by atoms with Crippen LogP contribution in [0.5, 0.6) is 0 Å². The molecule has 0 aromatic carbocycles. The Kier molecular flexibility index (Phi) is 4.77. The van der Waals surface area contributed by atoms with E-state index in [0.717, 1.165) is 14.5 Å². The van der Waals surface area contributed by atoms with Crippen LogP contribution in [0.1, 0.15) is 22.6 Å². The summed E-state index contributed by atoms with van der Waals surface area (Å²) < 4.78 is 1.12. The van der Waals surface area contributed by atoms with Gasteiger partial charge in [0, 0.05) is 23.3 Å². The lowest BCUT2D eigenvalue weighted by Gasteiger charge is -2.17. The van der Waals surface area contributed by atoms with E-state index in [0.29, 0.717) is 0 Å². The molecule has 0 spiro atoms. The van der Waals surface area contributed by atoms with Crippen molar-refractivity contribution in [1.82, 2.24) is 9.97 Å². The van der Waals surface area contributed by atoms with Gasteiger partial charge in [-0.05, 0) is 47.5 Å². The number of thiophene rings is 1. The Morgan fingerprint density at radius 1 is 1.33 bits per heavy atom. The molecule has 2 aromatic rings. The van der Waals surface area contributed by atoms with Gasteiger partial charge in [-0.2, -0.15) is 0 Å². The number of nitrogens with two attached hydrogens (primary N) is 1. The predicted octanol–water partition coefficient (Wildman–Crippen LogP) is 3.79. The smallest absolute Gasteiger partial charge is 0.188 e.